The molecule has 2 aromatic carbocycles. The molecule has 2 heterocycles. The number of nitrogens with zero attached hydrogens (tertiary/aromatic N) is 2. The average Bonchev–Trinajstić information content (AvgIpc) is 3.33. The lowest BCUT2D eigenvalue weighted by Crippen LogP contribution is -2.38. The van der Waals surface area contributed by atoms with Gasteiger partial charge in [0, 0.05) is 17.5 Å². The summed E-state index contributed by atoms with van der Waals surface area (Å²) in [5.74, 6) is -1.27. The first kappa shape index (κ1) is 23.2. The summed E-state index contributed by atoms with van der Waals surface area (Å²) in [4.78, 5) is 42.5. The van der Waals surface area contributed by atoms with E-state index in [-0.39, 0.29) is 17.2 Å². The summed E-state index contributed by atoms with van der Waals surface area (Å²) in [7, 11) is 0. The maximum Gasteiger partial charge on any atom is 0.416 e. The maximum atomic E-state index is 12.9. The van der Waals surface area contributed by atoms with Gasteiger partial charge in [-0.2, -0.15) is 13.2 Å². The summed E-state index contributed by atoms with van der Waals surface area (Å²) in [6.45, 7) is -0.515. The van der Waals surface area contributed by atoms with Crippen molar-refractivity contribution in [3.05, 3.63) is 88.1 Å². The molecule has 0 radical (unpaired) electrons. The predicted octanol–water partition coefficient (Wildman–Crippen LogP) is 4.28. The minimum atomic E-state index is -4.43. The van der Waals surface area contributed by atoms with E-state index in [2.05, 4.69) is 15.6 Å². The molecule has 0 unspecified atom stereocenters. The van der Waals surface area contributed by atoms with Crippen molar-refractivity contribution >= 4 is 40.4 Å². The first-order valence-electron chi connectivity index (χ1n) is 9.99. The normalized spacial score (nSPS) is 15.0. The van der Waals surface area contributed by atoms with Crippen LogP contribution in [0.3, 0.4) is 0 Å². The van der Waals surface area contributed by atoms with Crippen LogP contribution >= 0.6 is 11.3 Å². The number of nitrogens with one attached hydrogen (secondary N) is 2. The molecule has 0 aliphatic carbocycles. The van der Waals surface area contributed by atoms with Crippen molar-refractivity contribution in [1.29, 1.82) is 0 Å². The van der Waals surface area contributed by atoms with Gasteiger partial charge in [-0.15, -0.1) is 11.3 Å². The van der Waals surface area contributed by atoms with Gasteiger partial charge in [0.2, 0.25) is 5.91 Å². The molecule has 1 saturated heterocycles. The van der Waals surface area contributed by atoms with Crippen molar-refractivity contribution in [3.8, 4) is 0 Å². The Bertz CT molecular complexity index is 1270. The maximum absolute atomic E-state index is 12.9. The average molecular weight is 486 g/mol. The van der Waals surface area contributed by atoms with E-state index in [1.54, 1.807) is 30.3 Å². The highest BCUT2D eigenvalue weighted by molar-refractivity contribution is 7.15. The zero-order valence-electron chi connectivity index (χ0n) is 17.4. The second kappa shape index (κ2) is 9.48. The van der Waals surface area contributed by atoms with Crippen molar-refractivity contribution in [1.82, 2.24) is 15.2 Å². The topological polar surface area (TPSA) is 91.4 Å². The number of alkyl halides is 3. The van der Waals surface area contributed by atoms with Gasteiger partial charge in [-0.05, 0) is 23.3 Å². The summed E-state index contributed by atoms with van der Waals surface area (Å²) in [6.07, 6.45) is -1.26. The number of hydrogen-bond acceptors (Lipinski definition) is 5. The molecular weight excluding hydrogens is 469 g/mol. The second-order valence-corrected chi connectivity index (χ2v) is 8.46. The quantitative estimate of drug-likeness (QED) is 0.402. The highest BCUT2D eigenvalue weighted by Gasteiger charge is 2.35. The largest absolute Gasteiger partial charge is 0.416 e. The van der Waals surface area contributed by atoms with E-state index in [1.807, 2.05) is 6.07 Å². The number of benzene rings is 2. The van der Waals surface area contributed by atoms with Crippen LogP contribution in [0, 0.1) is 0 Å². The minimum Gasteiger partial charge on any atom is -0.303 e. The number of carbonyl (C=O) groups is 3. The summed E-state index contributed by atoms with van der Waals surface area (Å²) in [5.41, 5.74) is 0.487. The molecule has 0 saturated carbocycles. The third-order valence-corrected chi connectivity index (χ3v) is 5.72. The number of thiazole rings is 1. The fourth-order valence-corrected chi connectivity index (χ4v) is 4.10. The zero-order valence-corrected chi connectivity index (χ0v) is 18.2. The molecule has 4 amide bonds. The van der Waals surface area contributed by atoms with Crippen LogP contribution in [0.25, 0.3) is 6.08 Å². The molecule has 0 bridgehead atoms. The second-order valence-electron chi connectivity index (χ2n) is 7.34. The molecule has 0 spiro atoms. The summed E-state index contributed by atoms with van der Waals surface area (Å²) in [5, 5.41) is 5.16. The number of carbonyl (C=O) groups excluding carboxylic acids is 3. The molecule has 11 heteroatoms. The number of amides is 4. The van der Waals surface area contributed by atoms with Crippen LogP contribution < -0.4 is 10.6 Å². The summed E-state index contributed by atoms with van der Waals surface area (Å²) < 4.78 is 38.7. The van der Waals surface area contributed by atoms with Crippen LogP contribution in [-0.2, 0) is 22.2 Å². The van der Waals surface area contributed by atoms with E-state index in [0.717, 1.165) is 28.4 Å². The van der Waals surface area contributed by atoms with Gasteiger partial charge in [-0.3, -0.25) is 9.59 Å². The lowest BCUT2D eigenvalue weighted by atomic mass is 10.1. The molecule has 2 N–H and O–H groups in total. The Balaban J connectivity index is 1.37. The van der Waals surface area contributed by atoms with Gasteiger partial charge in [0.25, 0.3) is 5.91 Å². The van der Waals surface area contributed by atoms with Crippen LogP contribution in [0.15, 0.2) is 66.5 Å². The van der Waals surface area contributed by atoms with E-state index in [4.69, 9.17) is 0 Å². The van der Waals surface area contributed by atoms with Crippen molar-refractivity contribution in [3.63, 3.8) is 0 Å². The number of rotatable bonds is 6. The van der Waals surface area contributed by atoms with Crippen LogP contribution in [0.1, 0.15) is 21.6 Å². The number of anilines is 1. The van der Waals surface area contributed by atoms with E-state index in [1.165, 1.54) is 18.3 Å². The molecular formula is C23H17F3N4O3S. The van der Waals surface area contributed by atoms with Gasteiger partial charge >= 0.3 is 12.2 Å². The smallest absolute Gasteiger partial charge is 0.303 e. The zero-order chi connectivity index (χ0) is 24.3. The molecule has 1 fully saturated rings. The first-order chi connectivity index (χ1) is 16.2. The Kier molecular flexibility index (Phi) is 6.46. The monoisotopic (exact) mass is 486 g/mol. The number of aromatic nitrogens is 1. The van der Waals surface area contributed by atoms with Gasteiger partial charge in [-0.25, -0.2) is 14.7 Å². The highest BCUT2D eigenvalue weighted by atomic mass is 32.1. The number of imide groups is 1. The summed E-state index contributed by atoms with van der Waals surface area (Å²) in [6, 6.07) is 13.2. The molecule has 4 rings (SSSR count). The van der Waals surface area contributed by atoms with Crippen molar-refractivity contribution in [2.75, 3.05) is 11.9 Å². The van der Waals surface area contributed by atoms with Crippen LogP contribution in [0.2, 0.25) is 0 Å². The Morgan fingerprint density at radius 3 is 2.62 bits per heavy atom. The van der Waals surface area contributed by atoms with Crippen LogP contribution in [0.5, 0.6) is 0 Å². The standard InChI is InChI=1S/C23H17F3N4O3S/c24-23(25,26)16-8-4-7-15(9-16)10-17-12-27-21(34-17)29-19(31)13-30-20(32)18(28-22(30)33)11-14-5-2-1-3-6-14/h1-9,11-12H,10,13H2,(H,28,33)(H,27,29,31)/b18-11-. The van der Waals surface area contributed by atoms with Crippen LogP contribution in [0.4, 0.5) is 23.1 Å². The number of urea groups is 1. The molecule has 1 aliphatic rings. The molecule has 7 nitrogen and oxygen atoms in total. The fourth-order valence-electron chi connectivity index (χ4n) is 3.24. The number of hydrogen-bond donors (Lipinski definition) is 2. The third kappa shape index (κ3) is 5.49. The molecule has 0 atom stereocenters. The Morgan fingerprint density at radius 2 is 1.88 bits per heavy atom. The van der Waals surface area contributed by atoms with Gasteiger partial charge in [0.1, 0.15) is 12.2 Å². The molecule has 1 aliphatic heterocycles. The third-order valence-electron chi connectivity index (χ3n) is 4.81. The van der Waals surface area contributed by atoms with Crippen LogP contribution in [-0.4, -0.2) is 34.3 Å². The Morgan fingerprint density at radius 1 is 1.12 bits per heavy atom. The van der Waals surface area contributed by atoms with Crippen molar-refractivity contribution in [2.24, 2.45) is 0 Å². The minimum absolute atomic E-state index is 0.0571. The van der Waals surface area contributed by atoms with E-state index >= 15 is 0 Å². The highest BCUT2D eigenvalue weighted by Crippen LogP contribution is 2.30. The fraction of sp³-hybridized carbons (Fsp3) is 0.130. The molecule has 34 heavy (non-hydrogen) atoms. The number of halogens is 3. The van der Waals surface area contributed by atoms with E-state index < -0.39 is 36.1 Å². The lowest BCUT2D eigenvalue weighted by molar-refractivity contribution is -0.137. The van der Waals surface area contributed by atoms with E-state index in [9.17, 15) is 27.6 Å². The van der Waals surface area contributed by atoms with Gasteiger partial charge in [-0.1, -0.05) is 48.5 Å². The Hall–Kier alpha value is -3.99. The molecule has 1 aromatic heterocycles. The summed E-state index contributed by atoms with van der Waals surface area (Å²) >= 11 is 1.09. The van der Waals surface area contributed by atoms with Crippen molar-refractivity contribution < 1.29 is 27.6 Å². The SMILES string of the molecule is O=C(CN1C(=O)N/C(=C\c2ccccc2)C1=O)Nc1ncc(Cc2cccc(C(F)(F)F)c2)s1. The lowest BCUT2D eigenvalue weighted by Gasteiger charge is -2.10. The van der Waals surface area contributed by atoms with Gasteiger partial charge in [0.15, 0.2) is 5.13 Å². The van der Waals surface area contributed by atoms with Gasteiger partial charge in [0.05, 0.1) is 5.56 Å². The molecule has 3 aromatic rings. The first-order valence-corrected chi connectivity index (χ1v) is 10.8. The van der Waals surface area contributed by atoms with E-state index in [0.29, 0.717) is 16.0 Å². The van der Waals surface area contributed by atoms with Crippen molar-refractivity contribution in [2.45, 2.75) is 12.6 Å². The predicted molar refractivity (Wildman–Crippen MR) is 120 cm³/mol. The Labute approximate surface area is 195 Å². The molecule has 174 valence electrons. The van der Waals surface area contributed by atoms with Gasteiger partial charge < -0.3 is 10.6 Å².